The van der Waals surface area contributed by atoms with E-state index in [4.69, 9.17) is 4.74 Å². The van der Waals surface area contributed by atoms with Crippen LogP contribution in [0.25, 0.3) is 0 Å². The van der Waals surface area contributed by atoms with Gasteiger partial charge in [0.2, 0.25) is 0 Å². The van der Waals surface area contributed by atoms with Gasteiger partial charge in [-0.2, -0.15) is 0 Å². The fourth-order valence-corrected chi connectivity index (χ4v) is 2.06. The number of ether oxygens (including phenoxy) is 1. The van der Waals surface area contributed by atoms with Gasteiger partial charge in [0.25, 0.3) is 0 Å². The maximum absolute atomic E-state index is 12.7. The van der Waals surface area contributed by atoms with Crippen molar-refractivity contribution in [3.63, 3.8) is 0 Å². The molecule has 0 aliphatic heterocycles. The summed E-state index contributed by atoms with van der Waals surface area (Å²) in [6.07, 6.45) is 2.67. The topological polar surface area (TPSA) is 21.3 Å². The minimum atomic E-state index is -0.193. The lowest BCUT2D eigenvalue weighted by Gasteiger charge is -2.35. The summed E-state index contributed by atoms with van der Waals surface area (Å²) in [4.78, 5) is 0. The SMILES string of the molecule is CNCC1CC(OCc2ccc(F)cc2)C1. The second kappa shape index (κ2) is 5.41. The van der Waals surface area contributed by atoms with Gasteiger partial charge in [-0.15, -0.1) is 0 Å². The van der Waals surface area contributed by atoms with E-state index >= 15 is 0 Å². The predicted molar refractivity (Wildman–Crippen MR) is 61.6 cm³/mol. The molecule has 16 heavy (non-hydrogen) atoms. The molecule has 0 spiro atoms. The molecule has 3 heteroatoms. The molecule has 0 saturated heterocycles. The molecule has 2 nitrogen and oxygen atoms in total. The van der Waals surface area contributed by atoms with Crippen molar-refractivity contribution < 1.29 is 9.13 Å². The highest BCUT2D eigenvalue weighted by molar-refractivity contribution is 5.15. The van der Waals surface area contributed by atoms with Crippen LogP contribution in [0, 0.1) is 11.7 Å². The summed E-state index contributed by atoms with van der Waals surface area (Å²) in [5.41, 5.74) is 1.04. The Morgan fingerprint density at radius 2 is 2.00 bits per heavy atom. The van der Waals surface area contributed by atoms with Crippen LogP contribution in [0.2, 0.25) is 0 Å². The second-order valence-electron chi connectivity index (χ2n) is 4.45. The van der Waals surface area contributed by atoms with Gasteiger partial charge < -0.3 is 10.1 Å². The molecule has 0 bridgehead atoms. The van der Waals surface area contributed by atoms with Crippen LogP contribution in [0.4, 0.5) is 4.39 Å². The molecule has 0 atom stereocenters. The molecular formula is C13H18FNO. The number of halogens is 1. The summed E-state index contributed by atoms with van der Waals surface area (Å²) in [6.45, 7) is 1.67. The maximum atomic E-state index is 12.7. The average Bonchev–Trinajstić information content (AvgIpc) is 2.24. The van der Waals surface area contributed by atoms with Crippen LogP contribution in [0.5, 0.6) is 0 Å². The molecule has 0 radical (unpaired) electrons. The van der Waals surface area contributed by atoms with Gasteiger partial charge in [-0.3, -0.25) is 0 Å². The van der Waals surface area contributed by atoms with Gasteiger partial charge >= 0.3 is 0 Å². The number of hydrogen-bond acceptors (Lipinski definition) is 2. The predicted octanol–water partition coefficient (Wildman–Crippen LogP) is 2.34. The summed E-state index contributed by atoms with van der Waals surface area (Å²) in [5, 5.41) is 3.17. The summed E-state index contributed by atoms with van der Waals surface area (Å²) >= 11 is 0. The Morgan fingerprint density at radius 3 is 2.62 bits per heavy atom. The van der Waals surface area contributed by atoms with Crippen LogP contribution in [-0.4, -0.2) is 19.7 Å². The number of hydrogen-bond donors (Lipinski definition) is 1. The Morgan fingerprint density at radius 1 is 1.31 bits per heavy atom. The minimum Gasteiger partial charge on any atom is -0.374 e. The van der Waals surface area contributed by atoms with Gasteiger partial charge in [0.05, 0.1) is 12.7 Å². The van der Waals surface area contributed by atoms with Crippen LogP contribution >= 0.6 is 0 Å². The molecule has 1 fully saturated rings. The van der Waals surface area contributed by atoms with E-state index in [-0.39, 0.29) is 5.82 Å². The van der Waals surface area contributed by atoms with E-state index in [1.54, 1.807) is 12.1 Å². The molecule has 0 unspecified atom stereocenters. The zero-order valence-electron chi connectivity index (χ0n) is 9.58. The smallest absolute Gasteiger partial charge is 0.123 e. The normalized spacial score (nSPS) is 24.1. The molecule has 1 aliphatic carbocycles. The first kappa shape index (κ1) is 11.6. The Bertz CT molecular complexity index is 319. The molecule has 1 aromatic rings. The van der Waals surface area contributed by atoms with Gasteiger partial charge in [-0.1, -0.05) is 12.1 Å². The molecule has 1 saturated carbocycles. The first-order chi connectivity index (χ1) is 7.78. The van der Waals surface area contributed by atoms with Gasteiger partial charge in [-0.25, -0.2) is 4.39 Å². The number of rotatable bonds is 5. The van der Waals surface area contributed by atoms with Crippen molar-refractivity contribution in [1.29, 1.82) is 0 Å². The van der Waals surface area contributed by atoms with Crippen molar-refractivity contribution in [2.75, 3.05) is 13.6 Å². The molecule has 0 amide bonds. The van der Waals surface area contributed by atoms with Crippen molar-refractivity contribution in [2.24, 2.45) is 5.92 Å². The number of benzene rings is 1. The van der Waals surface area contributed by atoms with Crippen LogP contribution in [0.15, 0.2) is 24.3 Å². The van der Waals surface area contributed by atoms with E-state index < -0.39 is 0 Å². The molecular weight excluding hydrogens is 205 g/mol. The zero-order valence-corrected chi connectivity index (χ0v) is 9.58. The Balaban J connectivity index is 1.67. The Labute approximate surface area is 95.8 Å². The van der Waals surface area contributed by atoms with E-state index in [1.807, 2.05) is 7.05 Å². The monoisotopic (exact) mass is 223 g/mol. The van der Waals surface area contributed by atoms with Gasteiger partial charge in [0, 0.05) is 0 Å². The Hall–Kier alpha value is -0.930. The van der Waals surface area contributed by atoms with Gasteiger partial charge in [0.15, 0.2) is 0 Å². The van der Waals surface area contributed by atoms with Crippen molar-refractivity contribution in [3.8, 4) is 0 Å². The van der Waals surface area contributed by atoms with E-state index in [0.717, 1.165) is 30.9 Å². The standard InChI is InChI=1S/C13H18FNO/c1-15-8-11-6-13(7-11)16-9-10-2-4-12(14)5-3-10/h2-5,11,13,15H,6-9H2,1H3. The highest BCUT2D eigenvalue weighted by atomic mass is 19.1. The lowest BCUT2D eigenvalue weighted by molar-refractivity contribution is -0.0391. The first-order valence-electron chi connectivity index (χ1n) is 5.78. The molecule has 0 heterocycles. The summed E-state index contributed by atoms with van der Waals surface area (Å²) in [6, 6.07) is 6.50. The van der Waals surface area contributed by atoms with Gasteiger partial charge in [-0.05, 0) is 50.0 Å². The largest absolute Gasteiger partial charge is 0.374 e. The summed E-state index contributed by atoms with van der Waals surface area (Å²) < 4.78 is 18.4. The average molecular weight is 223 g/mol. The van der Waals surface area contributed by atoms with Crippen molar-refractivity contribution in [1.82, 2.24) is 5.32 Å². The number of nitrogens with one attached hydrogen (secondary N) is 1. The first-order valence-corrected chi connectivity index (χ1v) is 5.78. The summed E-state index contributed by atoms with van der Waals surface area (Å²) in [5.74, 6) is 0.574. The van der Waals surface area contributed by atoms with Crippen LogP contribution in [0.3, 0.4) is 0 Å². The molecule has 0 aromatic heterocycles. The van der Waals surface area contributed by atoms with Crippen LogP contribution < -0.4 is 5.32 Å². The van der Waals surface area contributed by atoms with Crippen molar-refractivity contribution in [2.45, 2.75) is 25.6 Å². The van der Waals surface area contributed by atoms with Crippen molar-refractivity contribution in [3.05, 3.63) is 35.6 Å². The highest BCUT2D eigenvalue weighted by Crippen LogP contribution is 2.29. The third kappa shape index (κ3) is 3.03. The van der Waals surface area contributed by atoms with E-state index in [9.17, 15) is 4.39 Å². The molecule has 2 rings (SSSR count). The van der Waals surface area contributed by atoms with Crippen LogP contribution in [0.1, 0.15) is 18.4 Å². The fraction of sp³-hybridized carbons (Fsp3) is 0.538. The lowest BCUT2D eigenvalue weighted by Crippen LogP contribution is -2.36. The molecule has 1 aromatic carbocycles. The minimum absolute atomic E-state index is 0.193. The highest BCUT2D eigenvalue weighted by Gasteiger charge is 2.28. The van der Waals surface area contributed by atoms with E-state index in [1.165, 1.54) is 12.1 Å². The maximum Gasteiger partial charge on any atom is 0.123 e. The quantitative estimate of drug-likeness (QED) is 0.827. The lowest BCUT2D eigenvalue weighted by atomic mass is 9.82. The van der Waals surface area contributed by atoms with Gasteiger partial charge in [0.1, 0.15) is 5.82 Å². The van der Waals surface area contributed by atoms with E-state index in [0.29, 0.717) is 12.7 Å². The zero-order chi connectivity index (χ0) is 11.4. The van der Waals surface area contributed by atoms with Crippen molar-refractivity contribution >= 4 is 0 Å². The third-order valence-electron chi connectivity index (χ3n) is 3.08. The van der Waals surface area contributed by atoms with E-state index in [2.05, 4.69) is 5.32 Å². The third-order valence-corrected chi connectivity index (χ3v) is 3.08. The van der Waals surface area contributed by atoms with Crippen LogP contribution in [-0.2, 0) is 11.3 Å². The second-order valence-corrected chi connectivity index (χ2v) is 4.45. The fourth-order valence-electron chi connectivity index (χ4n) is 2.06. The molecule has 1 N–H and O–H groups in total. The molecule has 88 valence electrons. The summed E-state index contributed by atoms with van der Waals surface area (Å²) in [7, 11) is 1.98. The molecule has 1 aliphatic rings. The Kier molecular flexibility index (Phi) is 3.91.